The van der Waals surface area contributed by atoms with E-state index < -0.39 is 0 Å². The maximum Gasteiger partial charge on any atom is 0.321 e. The van der Waals surface area contributed by atoms with Crippen LogP contribution in [0.5, 0.6) is 0 Å². The predicted molar refractivity (Wildman–Crippen MR) is 114 cm³/mol. The topological polar surface area (TPSA) is 48.5 Å². The summed E-state index contributed by atoms with van der Waals surface area (Å²) in [4.78, 5) is 21.5. The Morgan fingerprint density at radius 2 is 1.96 bits per heavy atom. The summed E-state index contributed by atoms with van der Waals surface area (Å²) < 4.78 is 0. The number of anilines is 1. The van der Waals surface area contributed by atoms with E-state index in [2.05, 4.69) is 41.2 Å². The van der Waals surface area contributed by atoms with Crippen LogP contribution in [0.4, 0.5) is 10.5 Å². The van der Waals surface area contributed by atoms with Crippen molar-refractivity contribution in [2.75, 3.05) is 25.5 Å². The van der Waals surface area contributed by atoms with Crippen LogP contribution >= 0.6 is 0 Å². The highest BCUT2D eigenvalue weighted by Crippen LogP contribution is 2.20. The first-order chi connectivity index (χ1) is 13.5. The predicted octanol–water partition coefficient (Wildman–Crippen LogP) is 4.47. The molecule has 2 aromatic rings. The summed E-state index contributed by atoms with van der Waals surface area (Å²) in [5.74, 6) is 0. The molecule has 2 heterocycles. The summed E-state index contributed by atoms with van der Waals surface area (Å²) in [6.45, 7) is 7.29. The number of pyridine rings is 1. The highest BCUT2D eigenvalue weighted by Gasteiger charge is 2.19. The number of rotatable bonds is 6. The maximum atomic E-state index is 12.8. The fraction of sp³-hybridized carbons (Fsp3) is 0.478. The molecule has 28 heavy (non-hydrogen) atoms. The van der Waals surface area contributed by atoms with Gasteiger partial charge in [-0.2, -0.15) is 0 Å². The van der Waals surface area contributed by atoms with Crippen molar-refractivity contribution in [2.24, 2.45) is 0 Å². The Kier molecular flexibility index (Phi) is 7.04. The van der Waals surface area contributed by atoms with Crippen LogP contribution in [0, 0.1) is 6.92 Å². The largest absolute Gasteiger partial charge is 0.324 e. The number of aromatic nitrogens is 1. The summed E-state index contributed by atoms with van der Waals surface area (Å²) in [7, 11) is 1.85. The van der Waals surface area contributed by atoms with E-state index in [4.69, 9.17) is 0 Å². The van der Waals surface area contributed by atoms with Crippen molar-refractivity contribution in [1.29, 1.82) is 0 Å². The minimum atomic E-state index is -0.0775. The molecule has 2 amide bonds. The monoisotopic (exact) mass is 380 g/mol. The van der Waals surface area contributed by atoms with Crippen LogP contribution in [0.2, 0.25) is 0 Å². The van der Waals surface area contributed by atoms with Gasteiger partial charge in [0.25, 0.3) is 0 Å². The molecule has 1 aliphatic rings. The first-order valence-electron chi connectivity index (χ1n) is 10.3. The molecule has 0 saturated carbocycles. The lowest BCUT2D eigenvalue weighted by Crippen LogP contribution is -2.39. The molecule has 5 nitrogen and oxygen atoms in total. The number of benzene rings is 1. The number of amides is 2. The van der Waals surface area contributed by atoms with Gasteiger partial charge >= 0.3 is 6.03 Å². The molecule has 1 saturated heterocycles. The van der Waals surface area contributed by atoms with Gasteiger partial charge in [0.05, 0.1) is 0 Å². The number of likely N-dealkylation sites (tertiary alicyclic amines) is 1. The molecule has 1 fully saturated rings. The lowest BCUT2D eigenvalue weighted by molar-refractivity contribution is 0.207. The van der Waals surface area contributed by atoms with Crippen molar-refractivity contribution in [1.82, 2.24) is 14.8 Å². The Labute approximate surface area is 168 Å². The van der Waals surface area contributed by atoms with Crippen molar-refractivity contribution in [2.45, 2.75) is 52.1 Å². The van der Waals surface area contributed by atoms with Crippen molar-refractivity contribution in [3.8, 4) is 0 Å². The van der Waals surface area contributed by atoms with Gasteiger partial charge in [-0.1, -0.05) is 24.6 Å². The van der Waals surface area contributed by atoms with Crippen molar-refractivity contribution < 1.29 is 4.79 Å². The molecular weight excluding hydrogens is 348 g/mol. The SMILES string of the molecule is Cc1ccnc(C[C@@H](C)N(C)C(=O)Nc2ccccc2CN2CCCCC2)c1. The van der Waals surface area contributed by atoms with E-state index in [1.165, 1.54) is 30.4 Å². The fourth-order valence-electron chi connectivity index (χ4n) is 3.69. The summed E-state index contributed by atoms with van der Waals surface area (Å²) in [6.07, 6.45) is 6.42. The van der Waals surface area contributed by atoms with E-state index in [1.54, 1.807) is 4.90 Å². The summed E-state index contributed by atoms with van der Waals surface area (Å²) >= 11 is 0. The normalized spacial score (nSPS) is 15.8. The molecule has 0 radical (unpaired) electrons. The second kappa shape index (κ2) is 9.69. The second-order valence-electron chi connectivity index (χ2n) is 7.91. The molecule has 0 unspecified atom stereocenters. The molecular formula is C23H32N4O. The van der Waals surface area contributed by atoms with Crippen LogP contribution in [0.25, 0.3) is 0 Å². The minimum absolute atomic E-state index is 0.0588. The molecule has 1 aromatic heterocycles. The number of carbonyl (C=O) groups is 1. The Hall–Kier alpha value is -2.40. The van der Waals surface area contributed by atoms with Crippen LogP contribution in [0.3, 0.4) is 0 Å². The van der Waals surface area contributed by atoms with Gasteiger partial charge in [0.1, 0.15) is 0 Å². The smallest absolute Gasteiger partial charge is 0.321 e. The molecule has 3 rings (SSSR count). The molecule has 0 bridgehead atoms. The second-order valence-corrected chi connectivity index (χ2v) is 7.91. The van der Waals surface area contributed by atoms with Crippen LogP contribution in [-0.4, -0.2) is 47.0 Å². The number of urea groups is 1. The van der Waals surface area contributed by atoms with Crippen molar-refractivity contribution >= 4 is 11.7 Å². The summed E-state index contributed by atoms with van der Waals surface area (Å²) in [5.41, 5.74) is 4.29. The molecule has 1 N–H and O–H groups in total. The third-order valence-corrected chi connectivity index (χ3v) is 5.56. The van der Waals surface area contributed by atoms with E-state index in [-0.39, 0.29) is 12.1 Å². The minimum Gasteiger partial charge on any atom is -0.324 e. The van der Waals surface area contributed by atoms with Gasteiger partial charge in [-0.05, 0) is 69.1 Å². The van der Waals surface area contributed by atoms with Crippen LogP contribution < -0.4 is 5.32 Å². The number of likely N-dealkylation sites (N-methyl/N-ethyl adjacent to an activating group) is 1. The molecule has 150 valence electrons. The Bertz CT molecular complexity index is 786. The summed E-state index contributed by atoms with van der Waals surface area (Å²) in [5, 5.41) is 3.12. The zero-order valence-electron chi connectivity index (χ0n) is 17.3. The third kappa shape index (κ3) is 5.55. The number of nitrogens with one attached hydrogen (secondary N) is 1. The molecule has 1 atom stereocenters. The molecule has 5 heteroatoms. The molecule has 0 aliphatic carbocycles. The van der Waals surface area contributed by atoms with Gasteiger partial charge in [0.2, 0.25) is 0 Å². The summed E-state index contributed by atoms with van der Waals surface area (Å²) in [6, 6.07) is 12.2. The first kappa shape index (κ1) is 20.3. The first-order valence-corrected chi connectivity index (χ1v) is 10.3. The third-order valence-electron chi connectivity index (χ3n) is 5.56. The number of hydrogen-bond acceptors (Lipinski definition) is 3. The van der Waals surface area contributed by atoms with E-state index in [0.717, 1.165) is 37.4 Å². The maximum absolute atomic E-state index is 12.8. The number of carbonyl (C=O) groups excluding carboxylic acids is 1. The van der Waals surface area contributed by atoms with Gasteiger partial charge in [0.15, 0.2) is 0 Å². The van der Waals surface area contributed by atoms with E-state index in [9.17, 15) is 4.79 Å². The Morgan fingerprint density at radius 1 is 1.21 bits per heavy atom. The van der Waals surface area contributed by atoms with Gasteiger partial charge in [-0.15, -0.1) is 0 Å². The van der Waals surface area contributed by atoms with E-state index in [1.807, 2.05) is 37.5 Å². The lowest BCUT2D eigenvalue weighted by Gasteiger charge is -2.28. The molecule has 1 aromatic carbocycles. The van der Waals surface area contributed by atoms with E-state index >= 15 is 0 Å². The van der Waals surface area contributed by atoms with Gasteiger partial charge in [-0.3, -0.25) is 9.88 Å². The number of hydrogen-bond donors (Lipinski definition) is 1. The number of piperidine rings is 1. The Morgan fingerprint density at radius 3 is 2.71 bits per heavy atom. The zero-order valence-corrected chi connectivity index (χ0v) is 17.3. The fourth-order valence-corrected chi connectivity index (χ4v) is 3.69. The molecule has 1 aliphatic heterocycles. The Balaban J connectivity index is 1.61. The highest BCUT2D eigenvalue weighted by atomic mass is 16.2. The van der Waals surface area contributed by atoms with Gasteiger partial charge in [0, 0.05) is 43.6 Å². The van der Waals surface area contributed by atoms with Gasteiger partial charge in [-0.25, -0.2) is 4.79 Å². The average Bonchev–Trinajstić information content (AvgIpc) is 2.69. The van der Waals surface area contributed by atoms with Crippen molar-refractivity contribution in [3.05, 3.63) is 59.4 Å². The molecule has 0 spiro atoms. The van der Waals surface area contributed by atoms with Crippen LogP contribution in [-0.2, 0) is 13.0 Å². The average molecular weight is 381 g/mol. The standard InChI is InChI=1S/C23H32N4O/c1-18-11-12-24-21(15-18)16-19(2)26(3)23(28)25-22-10-6-5-9-20(22)17-27-13-7-4-8-14-27/h5-6,9-12,15,19H,4,7-8,13-14,16-17H2,1-3H3,(H,25,28)/t19-/m1/s1. The zero-order chi connectivity index (χ0) is 19.9. The quantitative estimate of drug-likeness (QED) is 0.804. The van der Waals surface area contributed by atoms with Crippen LogP contribution in [0.1, 0.15) is 43.0 Å². The van der Waals surface area contributed by atoms with Gasteiger partial charge < -0.3 is 10.2 Å². The number of nitrogens with zero attached hydrogens (tertiary/aromatic N) is 3. The number of para-hydroxylation sites is 1. The van der Waals surface area contributed by atoms with Crippen molar-refractivity contribution in [3.63, 3.8) is 0 Å². The van der Waals surface area contributed by atoms with E-state index in [0.29, 0.717) is 0 Å². The van der Waals surface area contributed by atoms with Crippen LogP contribution in [0.15, 0.2) is 42.6 Å². The lowest BCUT2D eigenvalue weighted by atomic mass is 10.1. The highest BCUT2D eigenvalue weighted by molar-refractivity contribution is 5.90. The number of aryl methyl sites for hydroxylation is 1.